The lowest BCUT2D eigenvalue weighted by Crippen LogP contribution is -2.57. The van der Waals surface area contributed by atoms with Crippen LogP contribution in [0.2, 0.25) is 0 Å². The number of benzene rings is 3. The highest BCUT2D eigenvalue weighted by atomic mass is 16.6. The zero-order valence-electron chi connectivity index (χ0n) is 39.0. The van der Waals surface area contributed by atoms with E-state index in [1.165, 1.54) is 9.80 Å². The van der Waals surface area contributed by atoms with Gasteiger partial charge in [0, 0.05) is 43.6 Å². The van der Waals surface area contributed by atoms with Crippen LogP contribution in [0.5, 0.6) is 11.5 Å². The van der Waals surface area contributed by atoms with Gasteiger partial charge in [-0.2, -0.15) is 0 Å². The van der Waals surface area contributed by atoms with Crippen LogP contribution in [0.15, 0.2) is 84.9 Å². The number of likely N-dealkylation sites (N-methyl/N-ethyl adjacent to an activating group) is 1. The van der Waals surface area contributed by atoms with Crippen molar-refractivity contribution in [2.45, 2.75) is 96.7 Å². The van der Waals surface area contributed by atoms with Crippen molar-refractivity contribution in [3.05, 3.63) is 90.5 Å². The van der Waals surface area contributed by atoms with E-state index in [2.05, 4.69) is 21.3 Å². The molecular weight excluding hydrogens is 847 g/mol. The highest BCUT2D eigenvalue weighted by Crippen LogP contribution is 2.35. The van der Waals surface area contributed by atoms with Crippen molar-refractivity contribution in [3.63, 3.8) is 0 Å². The third-order valence-electron chi connectivity index (χ3n) is 10.8. The van der Waals surface area contributed by atoms with E-state index in [1.807, 2.05) is 36.4 Å². The number of rotatable bonds is 18. The number of carbonyl (C=O) groups excluding carboxylic acids is 7. The minimum Gasteiger partial charge on any atom is -0.497 e. The number of fused-ring (bicyclic) bond motifs is 1. The van der Waals surface area contributed by atoms with Gasteiger partial charge in [0.1, 0.15) is 41.3 Å². The van der Waals surface area contributed by atoms with Crippen LogP contribution in [-0.2, 0) is 33.5 Å². The van der Waals surface area contributed by atoms with Gasteiger partial charge in [0.25, 0.3) is 5.91 Å². The Bertz CT molecular complexity index is 2390. The van der Waals surface area contributed by atoms with Crippen LogP contribution in [0.4, 0.5) is 4.79 Å². The first kappa shape index (κ1) is 50.0. The van der Waals surface area contributed by atoms with Crippen molar-refractivity contribution in [2.75, 3.05) is 34.3 Å². The summed E-state index contributed by atoms with van der Waals surface area (Å²) in [4.78, 5) is 103. The van der Waals surface area contributed by atoms with E-state index in [9.17, 15) is 33.6 Å². The van der Waals surface area contributed by atoms with E-state index in [0.29, 0.717) is 40.1 Å². The van der Waals surface area contributed by atoms with Gasteiger partial charge >= 0.3 is 6.09 Å². The zero-order valence-corrected chi connectivity index (χ0v) is 39.0. The molecule has 17 nitrogen and oxygen atoms in total. The van der Waals surface area contributed by atoms with Crippen LogP contribution in [-0.4, -0.2) is 120 Å². The van der Waals surface area contributed by atoms with E-state index in [0.717, 1.165) is 5.56 Å². The molecule has 5 unspecified atom stereocenters. The molecule has 3 aromatic carbocycles. The maximum atomic E-state index is 14.6. The molecule has 0 bridgehead atoms. The molecule has 352 valence electrons. The highest BCUT2D eigenvalue weighted by Gasteiger charge is 2.45. The second kappa shape index (κ2) is 22.2. The van der Waals surface area contributed by atoms with Gasteiger partial charge in [-0.25, -0.2) is 9.78 Å². The lowest BCUT2D eigenvalue weighted by atomic mass is 10.0. The SMILES string of the molecule is CCCC(NC(=O)C1CC(Oc2cc(-c3ccccc3)nc3cc(OC)ccc23)CN1C(=O)C(NC(=O)OC(C)(C)C)C(C)C)C(=O)C(=O)NCC(=O)NC(C(=O)N(C)C)c1ccccc1. The fourth-order valence-corrected chi connectivity index (χ4v) is 7.47. The first-order chi connectivity index (χ1) is 31.3. The van der Waals surface area contributed by atoms with Crippen molar-refractivity contribution in [1.82, 2.24) is 36.1 Å². The number of Topliss-reactive ketones (excluding diaryl/α,β-unsaturated/α-hetero) is 1. The Labute approximate surface area is 385 Å². The lowest BCUT2D eigenvalue weighted by Gasteiger charge is -2.31. The van der Waals surface area contributed by atoms with E-state index >= 15 is 0 Å². The second-order valence-electron chi connectivity index (χ2n) is 17.6. The third kappa shape index (κ3) is 13.0. The van der Waals surface area contributed by atoms with Gasteiger partial charge in [0.05, 0.1) is 37.5 Å². The van der Waals surface area contributed by atoms with Crippen molar-refractivity contribution in [1.29, 1.82) is 0 Å². The smallest absolute Gasteiger partial charge is 0.408 e. The molecule has 2 heterocycles. The predicted octanol–water partition coefficient (Wildman–Crippen LogP) is 4.72. The van der Waals surface area contributed by atoms with Gasteiger partial charge in [-0.3, -0.25) is 28.8 Å². The van der Waals surface area contributed by atoms with Gasteiger partial charge in [-0.15, -0.1) is 0 Å². The molecule has 1 saturated heterocycles. The molecule has 1 aliphatic heterocycles. The topological polar surface area (TPSA) is 215 Å². The molecule has 4 aromatic rings. The Hall–Kier alpha value is -7.04. The number of alkyl carbamates (subject to hydrolysis) is 1. The number of carbonyl (C=O) groups is 7. The third-order valence-corrected chi connectivity index (χ3v) is 10.8. The summed E-state index contributed by atoms with van der Waals surface area (Å²) < 4.78 is 17.6. The van der Waals surface area contributed by atoms with Gasteiger partial charge in [0.15, 0.2) is 0 Å². The van der Waals surface area contributed by atoms with Crippen LogP contribution in [0.25, 0.3) is 22.2 Å². The molecular formula is C49H61N7O10. The Morgan fingerprint density at radius 3 is 2.15 bits per heavy atom. The van der Waals surface area contributed by atoms with Crippen LogP contribution in [0.3, 0.4) is 0 Å². The minimum absolute atomic E-state index is 0.0247. The van der Waals surface area contributed by atoms with Crippen molar-refractivity contribution < 1.29 is 47.8 Å². The monoisotopic (exact) mass is 907 g/mol. The molecule has 1 aromatic heterocycles. The van der Waals surface area contributed by atoms with Gasteiger partial charge in [0.2, 0.25) is 29.4 Å². The molecule has 4 N–H and O–H groups in total. The molecule has 0 radical (unpaired) electrons. The predicted molar refractivity (Wildman–Crippen MR) is 247 cm³/mol. The molecule has 5 atom stereocenters. The summed E-state index contributed by atoms with van der Waals surface area (Å²) in [6, 6.07) is 20.5. The quantitative estimate of drug-likeness (QED) is 0.100. The molecule has 0 spiro atoms. The summed E-state index contributed by atoms with van der Waals surface area (Å²) in [7, 11) is 4.65. The van der Waals surface area contributed by atoms with Gasteiger partial charge < -0.3 is 45.3 Å². The average molecular weight is 908 g/mol. The molecule has 1 fully saturated rings. The Morgan fingerprint density at radius 2 is 1.55 bits per heavy atom. The van der Waals surface area contributed by atoms with Crippen molar-refractivity contribution in [3.8, 4) is 22.8 Å². The summed E-state index contributed by atoms with van der Waals surface area (Å²) in [6.07, 6.45) is -1.17. The van der Waals surface area contributed by atoms with Crippen LogP contribution >= 0.6 is 0 Å². The number of nitrogens with one attached hydrogen (secondary N) is 4. The number of ether oxygens (including phenoxy) is 3. The standard InChI is InChI=1S/C49H61N7O10/c1-10-17-35(43(58)45(60)50-27-40(57)53-42(46(61)55(7)8)31-20-15-12-16-21-31)52-44(59)38-25-33(28-56(38)47(62)41(29(2)3)54-48(63)66-49(4,5)6)65-39-26-36(30-18-13-11-14-19-30)51-37-24-32(64-9)22-23-34(37)39/h11-16,18-24,26,29,33,35,38,41-42H,10,17,25,27-28H2,1-9H3,(H,50,60)(H,52,59)(H,53,57)(H,54,63). The average Bonchev–Trinajstić information content (AvgIpc) is 3.71. The zero-order chi connectivity index (χ0) is 48.3. The highest BCUT2D eigenvalue weighted by molar-refractivity contribution is 6.38. The van der Waals surface area contributed by atoms with Crippen molar-refractivity contribution >= 4 is 52.3 Å². The van der Waals surface area contributed by atoms with Gasteiger partial charge in [-0.1, -0.05) is 87.9 Å². The number of hydrogen-bond acceptors (Lipinski definition) is 11. The second-order valence-corrected chi connectivity index (χ2v) is 17.6. The summed E-state index contributed by atoms with van der Waals surface area (Å²) in [5.41, 5.74) is 1.70. The maximum absolute atomic E-state index is 14.6. The Balaban J connectivity index is 1.39. The number of amides is 6. The molecule has 66 heavy (non-hydrogen) atoms. The maximum Gasteiger partial charge on any atom is 0.408 e. The number of hydrogen-bond donors (Lipinski definition) is 4. The molecule has 0 aliphatic carbocycles. The van der Waals surface area contributed by atoms with Crippen LogP contribution in [0, 0.1) is 5.92 Å². The van der Waals surface area contributed by atoms with E-state index in [-0.39, 0.29) is 19.4 Å². The number of likely N-dealkylation sites (tertiary alicyclic amines) is 1. The number of ketones is 1. The van der Waals surface area contributed by atoms with Crippen LogP contribution in [0.1, 0.15) is 72.4 Å². The Kier molecular flexibility index (Phi) is 16.8. The molecule has 17 heteroatoms. The van der Waals surface area contributed by atoms with E-state index in [1.54, 1.807) is 111 Å². The largest absolute Gasteiger partial charge is 0.497 e. The minimum atomic E-state index is -1.33. The number of methoxy groups -OCH3 is 1. The summed E-state index contributed by atoms with van der Waals surface area (Å²) >= 11 is 0. The number of nitrogens with zero attached hydrogens (tertiary/aromatic N) is 3. The summed E-state index contributed by atoms with van der Waals surface area (Å²) in [6.45, 7) is 9.64. The first-order valence-corrected chi connectivity index (χ1v) is 22.0. The van der Waals surface area contributed by atoms with Crippen molar-refractivity contribution in [2.24, 2.45) is 5.92 Å². The van der Waals surface area contributed by atoms with E-state index < -0.39 is 89.7 Å². The summed E-state index contributed by atoms with van der Waals surface area (Å²) in [5, 5.41) is 11.0. The normalized spacial score (nSPS) is 16.1. The van der Waals surface area contributed by atoms with Gasteiger partial charge in [-0.05, 0) is 50.8 Å². The molecule has 6 amide bonds. The lowest BCUT2D eigenvalue weighted by molar-refractivity contribution is -0.143. The molecule has 5 rings (SSSR count). The van der Waals surface area contributed by atoms with Crippen LogP contribution < -0.4 is 30.7 Å². The number of pyridine rings is 1. The molecule has 1 aliphatic rings. The first-order valence-electron chi connectivity index (χ1n) is 22.0. The number of aromatic nitrogens is 1. The fourth-order valence-electron chi connectivity index (χ4n) is 7.47. The summed E-state index contributed by atoms with van der Waals surface area (Å²) in [5.74, 6) is -4.00. The Morgan fingerprint density at radius 1 is 0.879 bits per heavy atom. The molecule has 0 saturated carbocycles. The fraction of sp³-hybridized carbons (Fsp3) is 0.429. The van der Waals surface area contributed by atoms with E-state index in [4.69, 9.17) is 19.2 Å².